The molecule has 1 saturated carbocycles. The molecule has 0 spiro atoms. The number of amides is 1. The highest BCUT2D eigenvalue weighted by molar-refractivity contribution is 6.34. The number of nitrogen functional groups attached to an aromatic ring is 1. The molecule has 20 heavy (non-hydrogen) atoms. The molecule has 0 atom stereocenters. The topological polar surface area (TPSA) is 55.1 Å². The number of nitrogens with one attached hydrogen (secondary N) is 1. The number of anilines is 2. The Kier molecular flexibility index (Phi) is 4.59. The van der Waals surface area contributed by atoms with Crippen LogP contribution in [0.15, 0.2) is 18.2 Å². The van der Waals surface area contributed by atoms with Gasteiger partial charge in [0.05, 0.1) is 16.4 Å². The molecule has 0 saturated heterocycles. The lowest BCUT2D eigenvalue weighted by atomic mass is 9.77. The molecule has 0 unspecified atom stereocenters. The molecule has 1 aliphatic carbocycles. The van der Waals surface area contributed by atoms with Crippen molar-refractivity contribution in [3.8, 4) is 0 Å². The summed E-state index contributed by atoms with van der Waals surface area (Å²) in [6.07, 6.45) is 5.09. The van der Waals surface area contributed by atoms with Gasteiger partial charge in [0, 0.05) is 5.41 Å². The van der Waals surface area contributed by atoms with Crippen molar-refractivity contribution in [2.75, 3.05) is 11.1 Å². The van der Waals surface area contributed by atoms with Crippen LogP contribution in [-0.2, 0) is 4.79 Å². The van der Waals surface area contributed by atoms with Gasteiger partial charge in [-0.1, -0.05) is 44.4 Å². The summed E-state index contributed by atoms with van der Waals surface area (Å²) in [6.45, 7) is 4.33. The third kappa shape index (κ3) is 3.09. The fourth-order valence-corrected chi connectivity index (χ4v) is 3.51. The maximum atomic E-state index is 12.8. The predicted molar refractivity (Wildman–Crippen MR) is 84.9 cm³/mol. The highest BCUT2D eigenvalue weighted by Gasteiger charge is 2.41. The Morgan fingerprint density at radius 3 is 2.60 bits per heavy atom. The van der Waals surface area contributed by atoms with Crippen molar-refractivity contribution in [1.29, 1.82) is 0 Å². The van der Waals surface area contributed by atoms with Crippen LogP contribution in [-0.4, -0.2) is 5.91 Å². The summed E-state index contributed by atoms with van der Waals surface area (Å²) in [7, 11) is 0. The summed E-state index contributed by atoms with van der Waals surface area (Å²) >= 11 is 6.14. The van der Waals surface area contributed by atoms with Gasteiger partial charge in [0.25, 0.3) is 0 Å². The second-order valence-corrected chi connectivity index (χ2v) is 6.65. The summed E-state index contributed by atoms with van der Waals surface area (Å²) in [5, 5.41) is 3.47. The Morgan fingerprint density at radius 1 is 1.40 bits per heavy atom. The number of hydrogen-bond donors (Lipinski definition) is 2. The predicted octanol–water partition coefficient (Wildman–Crippen LogP) is 4.47. The number of rotatable bonds is 4. The van der Waals surface area contributed by atoms with Crippen molar-refractivity contribution < 1.29 is 4.79 Å². The van der Waals surface area contributed by atoms with Crippen LogP contribution in [0.3, 0.4) is 0 Å². The van der Waals surface area contributed by atoms with Gasteiger partial charge in [0.15, 0.2) is 0 Å². The first-order chi connectivity index (χ1) is 9.44. The van der Waals surface area contributed by atoms with Crippen LogP contribution in [0, 0.1) is 11.3 Å². The van der Waals surface area contributed by atoms with Crippen LogP contribution >= 0.6 is 11.6 Å². The molecule has 1 aromatic rings. The van der Waals surface area contributed by atoms with Crippen molar-refractivity contribution in [2.45, 2.75) is 46.0 Å². The molecule has 3 N–H and O–H groups in total. The third-order valence-electron chi connectivity index (χ3n) is 4.13. The Morgan fingerprint density at radius 2 is 2.05 bits per heavy atom. The lowest BCUT2D eigenvalue weighted by molar-refractivity contribution is -0.126. The standard InChI is InChI=1S/C16H23ClN2O/c1-11(2)10-16(8-3-4-9-16)15(20)19-14-12(17)6-5-7-13(14)18/h5-7,11H,3-4,8-10,18H2,1-2H3,(H,19,20). The number of halogens is 1. The van der Waals surface area contributed by atoms with E-state index in [9.17, 15) is 4.79 Å². The average Bonchev–Trinajstić information content (AvgIpc) is 2.82. The summed E-state index contributed by atoms with van der Waals surface area (Å²) in [5.41, 5.74) is 6.73. The van der Waals surface area contributed by atoms with Gasteiger partial charge in [-0.05, 0) is 37.3 Å². The smallest absolute Gasteiger partial charge is 0.230 e. The van der Waals surface area contributed by atoms with E-state index >= 15 is 0 Å². The molecule has 0 bridgehead atoms. The second kappa shape index (κ2) is 6.04. The Hall–Kier alpha value is -1.22. The quantitative estimate of drug-likeness (QED) is 0.805. The van der Waals surface area contributed by atoms with Gasteiger partial charge in [0.1, 0.15) is 0 Å². The normalized spacial score (nSPS) is 17.4. The number of carbonyl (C=O) groups is 1. The Balaban J connectivity index is 2.21. The van der Waals surface area contributed by atoms with Gasteiger partial charge < -0.3 is 11.1 Å². The van der Waals surface area contributed by atoms with Crippen molar-refractivity contribution >= 4 is 28.9 Å². The molecule has 2 rings (SSSR count). The molecule has 4 heteroatoms. The molecule has 1 fully saturated rings. The van der Waals surface area contributed by atoms with Crippen molar-refractivity contribution in [1.82, 2.24) is 0 Å². The maximum Gasteiger partial charge on any atom is 0.230 e. The van der Waals surface area contributed by atoms with Gasteiger partial charge in [-0.3, -0.25) is 4.79 Å². The Bertz CT molecular complexity index is 473. The maximum absolute atomic E-state index is 12.8. The van der Waals surface area contributed by atoms with E-state index in [4.69, 9.17) is 17.3 Å². The number of para-hydroxylation sites is 1. The van der Waals surface area contributed by atoms with Crippen LogP contribution in [0.2, 0.25) is 5.02 Å². The van der Waals surface area contributed by atoms with Crippen molar-refractivity contribution in [3.05, 3.63) is 23.2 Å². The summed E-state index contributed by atoms with van der Waals surface area (Å²) in [6, 6.07) is 5.29. The third-order valence-corrected chi connectivity index (χ3v) is 4.44. The molecule has 1 amide bonds. The molecule has 0 aromatic heterocycles. The minimum Gasteiger partial charge on any atom is -0.397 e. The number of benzene rings is 1. The average molecular weight is 295 g/mol. The lowest BCUT2D eigenvalue weighted by Crippen LogP contribution is -2.35. The largest absolute Gasteiger partial charge is 0.397 e. The first kappa shape index (κ1) is 15.2. The zero-order chi connectivity index (χ0) is 14.8. The zero-order valence-corrected chi connectivity index (χ0v) is 13.0. The molecule has 0 heterocycles. The minimum atomic E-state index is -0.250. The van der Waals surface area contributed by atoms with E-state index < -0.39 is 0 Å². The van der Waals surface area contributed by atoms with Gasteiger partial charge in [-0.25, -0.2) is 0 Å². The van der Waals surface area contributed by atoms with E-state index in [2.05, 4.69) is 19.2 Å². The summed E-state index contributed by atoms with van der Waals surface area (Å²) in [4.78, 5) is 12.8. The molecule has 1 aliphatic rings. The zero-order valence-electron chi connectivity index (χ0n) is 12.2. The molecule has 0 aliphatic heterocycles. The molecular weight excluding hydrogens is 272 g/mol. The van der Waals surface area contributed by atoms with Crippen LogP contribution in [0.1, 0.15) is 46.0 Å². The lowest BCUT2D eigenvalue weighted by Gasteiger charge is -2.30. The van der Waals surface area contributed by atoms with E-state index in [0.29, 0.717) is 22.3 Å². The van der Waals surface area contributed by atoms with Gasteiger partial charge >= 0.3 is 0 Å². The van der Waals surface area contributed by atoms with E-state index in [1.165, 1.54) is 0 Å². The Labute approximate surface area is 125 Å². The van der Waals surface area contributed by atoms with Crippen LogP contribution < -0.4 is 11.1 Å². The second-order valence-electron chi connectivity index (χ2n) is 6.24. The van der Waals surface area contributed by atoms with Crippen LogP contribution in [0.25, 0.3) is 0 Å². The van der Waals surface area contributed by atoms with Gasteiger partial charge in [-0.2, -0.15) is 0 Å². The molecular formula is C16H23ClN2O. The minimum absolute atomic E-state index is 0.0727. The van der Waals surface area contributed by atoms with Crippen LogP contribution in [0.5, 0.6) is 0 Å². The number of carbonyl (C=O) groups excluding carboxylic acids is 1. The molecule has 1 aromatic carbocycles. The highest BCUT2D eigenvalue weighted by Crippen LogP contribution is 2.44. The fraction of sp³-hybridized carbons (Fsp3) is 0.562. The van der Waals surface area contributed by atoms with E-state index in [1.54, 1.807) is 18.2 Å². The first-order valence-electron chi connectivity index (χ1n) is 7.30. The van der Waals surface area contributed by atoms with Crippen LogP contribution in [0.4, 0.5) is 11.4 Å². The van der Waals surface area contributed by atoms with Gasteiger partial charge in [0.2, 0.25) is 5.91 Å². The van der Waals surface area contributed by atoms with E-state index in [-0.39, 0.29) is 11.3 Å². The number of hydrogen-bond acceptors (Lipinski definition) is 2. The molecule has 110 valence electrons. The highest BCUT2D eigenvalue weighted by atomic mass is 35.5. The SMILES string of the molecule is CC(C)CC1(C(=O)Nc2c(N)cccc2Cl)CCCC1. The fourth-order valence-electron chi connectivity index (χ4n) is 3.28. The molecule has 3 nitrogen and oxygen atoms in total. The summed E-state index contributed by atoms with van der Waals surface area (Å²) < 4.78 is 0. The number of nitrogens with two attached hydrogens (primary N) is 1. The molecule has 0 radical (unpaired) electrons. The summed E-state index contributed by atoms with van der Waals surface area (Å²) in [5.74, 6) is 0.575. The van der Waals surface area contributed by atoms with Crippen molar-refractivity contribution in [3.63, 3.8) is 0 Å². The van der Waals surface area contributed by atoms with Gasteiger partial charge in [-0.15, -0.1) is 0 Å². The van der Waals surface area contributed by atoms with Crippen molar-refractivity contribution in [2.24, 2.45) is 11.3 Å². The van der Waals surface area contributed by atoms with E-state index in [1.807, 2.05) is 0 Å². The first-order valence-corrected chi connectivity index (χ1v) is 7.68. The monoisotopic (exact) mass is 294 g/mol. The van der Waals surface area contributed by atoms with E-state index in [0.717, 1.165) is 32.1 Å².